The molecule has 27 heavy (non-hydrogen) atoms. The maximum Gasteiger partial charge on any atom is 0.336 e. The predicted octanol–water partition coefficient (Wildman–Crippen LogP) is 3.15. The molecule has 6 heteroatoms. The van der Waals surface area contributed by atoms with Crippen molar-refractivity contribution in [2.45, 2.75) is 31.3 Å². The molecule has 1 fully saturated rings. The summed E-state index contributed by atoms with van der Waals surface area (Å²) in [5.74, 6) is -1.22. The van der Waals surface area contributed by atoms with Gasteiger partial charge in [-0.15, -0.1) is 0 Å². The van der Waals surface area contributed by atoms with Gasteiger partial charge in [0.1, 0.15) is 0 Å². The minimum absolute atomic E-state index is 0.0400. The molecule has 0 saturated carbocycles. The molecule has 2 atom stereocenters. The fourth-order valence-electron chi connectivity index (χ4n) is 4.80. The zero-order valence-electron chi connectivity index (χ0n) is 14.6. The fourth-order valence-corrected chi connectivity index (χ4v) is 4.80. The summed E-state index contributed by atoms with van der Waals surface area (Å²) < 4.78 is 0. The van der Waals surface area contributed by atoms with Crippen LogP contribution in [-0.2, 0) is 4.79 Å². The van der Waals surface area contributed by atoms with E-state index in [1.807, 2.05) is 35.2 Å². The number of carboxylic acids is 1. The van der Waals surface area contributed by atoms with Crippen molar-refractivity contribution in [1.82, 2.24) is 4.90 Å². The van der Waals surface area contributed by atoms with Crippen LogP contribution in [0.1, 0.15) is 63.2 Å². The number of likely N-dealkylation sites (tertiary alicyclic amines) is 1. The molecule has 2 aromatic rings. The maximum atomic E-state index is 13.2. The van der Waals surface area contributed by atoms with E-state index in [2.05, 4.69) is 0 Å². The number of rotatable bonds is 2. The molecular formula is C21H18N2O4. The van der Waals surface area contributed by atoms with Gasteiger partial charge in [-0.1, -0.05) is 30.3 Å². The predicted molar refractivity (Wildman–Crippen MR) is 97.7 cm³/mol. The van der Waals surface area contributed by atoms with Gasteiger partial charge in [0, 0.05) is 18.7 Å². The van der Waals surface area contributed by atoms with Crippen LogP contribution in [0.25, 0.3) is 0 Å². The quantitative estimate of drug-likeness (QED) is 0.890. The minimum Gasteiger partial charge on any atom is -0.478 e. The molecule has 1 saturated heterocycles. The number of carbonyl (C=O) groups is 3. The van der Waals surface area contributed by atoms with E-state index >= 15 is 0 Å². The summed E-state index contributed by atoms with van der Waals surface area (Å²) >= 11 is 0. The van der Waals surface area contributed by atoms with Crippen LogP contribution in [0.5, 0.6) is 0 Å². The highest BCUT2D eigenvalue weighted by Crippen LogP contribution is 2.51. The van der Waals surface area contributed by atoms with Gasteiger partial charge < -0.3 is 14.9 Å². The number of carboxylic acid groups (broad SMARTS) is 1. The molecule has 3 aliphatic rings. The van der Waals surface area contributed by atoms with Gasteiger partial charge >= 0.3 is 5.97 Å². The average Bonchev–Trinajstić information content (AvgIpc) is 3.22. The first-order valence-corrected chi connectivity index (χ1v) is 9.16. The summed E-state index contributed by atoms with van der Waals surface area (Å²) in [5.41, 5.74) is 2.79. The van der Waals surface area contributed by atoms with Crippen molar-refractivity contribution in [1.29, 1.82) is 0 Å². The Morgan fingerprint density at radius 2 is 1.78 bits per heavy atom. The highest BCUT2D eigenvalue weighted by Gasteiger charge is 2.47. The topological polar surface area (TPSA) is 77.9 Å². The molecule has 0 bridgehead atoms. The van der Waals surface area contributed by atoms with Crippen molar-refractivity contribution < 1.29 is 19.5 Å². The van der Waals surface area contributed by atoms with Crippen molar-refractivity contribution in [2.24, 2.45) is 0 Å². The largest absolute Gasteiger partial charge is 0.478 e. The zero-order chi connectivity index (χ0) is 18.7. The molecule has 3 heterocycles. The molecule has 0 spiro atoms. The number of nitrogens with zero attached hydrogens (tertiary/aromatic N) is 2. The second-order valence-corrected chi connectivity index (χ2v) is 7.27. The number of para-hydroxylation sites is 1. The fraction of sp³-hybridized carbons (Fsp3) is 0.286. The van der Waals surface area contributed by atoms with Gasteiger partial charge in [0.2, 0.25) is 5.91 Å². The lowest BCUT2D eigenvalue weighted by molar-refractivity contribution is -0.130. The molecule has 5 rings (SSSR count). The van der Waals surface area contributed by atoms with Crippen LogP contribution in [0.2, 0.25) is 0 Å². The third kappa shape index (κ3) is 2.16. The second-order valence-electron chi connectivity index (χ2n) is 7.27. The van der Waals surface area contributed by atoms with Crippen LogP contribution in [-0.4, -0.2) is 34.3 Å². The Bertz CT molecular complexity index is 999. The maximum absolute atomic E-state index is 13.2. The Morgan fingerprint density at radius 1 is 1.00 bits per heavy atom. The lowest BCUT2D eigenvalue weighted by Gasteiger charge is -2.40. The number of hydrogen-bond donors (Lipinski definition) is 1. The van der Waals surface area contributed by atoms with Crippen LogP contribution in [0.15, 0.2) is 42.5 Å². The van der Waals surface area contributed by atoms with E-state index in [0.717, 1.165) is 29.8 Å². The van der Waals surface area contributed by atoms with Crippen LogP contribution in [0.3, 0.4) is 0 Å². The molecule has 0 unspecified atom stereocenters. The van der Waals surface area contributed by atoms with Gasteiger partial charge in [-0.3, -0.25) is 9.59 Å². The number of hydrogen-bond acceptors (Lipinski definition) is 3. The summed E-state index contributed by atoms with van der Waals surface area (Å²) in [7, 11) is 0. The van der Waals surface area contributed by atoms with E-state index in [1.54, 1.807) is 11.0 Å². The molecule has 2 aromatic carbocycles. The van der Waals surface area contributed by atoms with Crippen molar-refractivity contribution in [3.8, 4) is 0 Å². The van der Waals surface area contributed by atoms with Gasteiger partial charge in [-0.05, 0) is 36.1 Å². The monoisotopic (exact) mass is 362 g/mol. The SMILES string of the molecule is O=C(O)c1cccc2c1C(=O)N1c3ccccc3[C@@H](N3CCCC3=O)C[C@@H]21. The normalized spacial score (nSPS) is 23.3. The van der Waals surface area contributed by atoms with E-state index < -0.39 is 5.97 Å². The van der Waals surface area contributed by atoms with E-state index in [1.165, 1.54) is 6.07 Å². The van der Waals surface area contributed by atoms with Crippen molar-refractivity contribution in [3.05, 3.63) is 64.7 Å². The van der Waals surface area contributed by atoms with Crippen molar-refractivity contribution in [2.75, 3.05) is 11.4 Å². The van der Waals surface area contributed by atoms with E-state index in [-0.39, 0.29) is 35.0 Å². The molecular weight excluding hydrogens is 344 g/mol. The highest BCUT2D eigenvalue weighted by atomic mass is 16.4. The lowest BCUT2D eigenvalue weighted by Crippen LogP contribution is -2.40. The number of amides is 2. The molecule has 1 N–H and O–H groups in total. The van der Waals surface area contributed by atoms with Gasteiger partial charge in [-0.2, -0.15) is 0 Å². The summed E-state index contributed by atoms with van der Waals surface area (Å²) in [5, 5.41) is 9.53. The van der Waals surface area contributed by atoms with Crippen LogP contribution < -0.4 is 4.90 Å². The Hall–Kier alpha value is -3.15. The Labute approximate surface area is 156 Å². The first-order valence-electron chi connectivity index (χ1n) is 9.16. The molecule has 6 nitrogen and oxygen atoms in total. The molecule has 0 radical (unpaired) electrons. The van der Waals surface area contributed by atoms with Crippen LogP contribution in [0, 0.1) is 0 Å². The van der Waals surface area contributed by atoms with E-state index in [4.69, 9.17) is 0 Å². The second kappa shape index (κ2) is 5.67. The van der Waals surface area contributed by atoms with Gasteiger partial charge in [0.25, 0.3) is 5.91 Å². The van der Waals surface area contributed by atoms with Crippen LogP contribution in [0.4, 0.5) is 5.69 Å². The molecule has 0 aliphatic carbocycles. The summed E-state index contributed by atoms with van der Waals surface area (Å²) in [6.45, 7) is 0.723. The highest BCUT2D eigenvalue weighted by molar-refractivity contribution is 6.16. The summed E-state index contributed by atoms with van der Waals surface area (Å²) in [6.07, 6.45) is 2.00. The lowest BCUT2D eigenvalue weighted by atomic mass is 9.88. The minimum atomic E-state index is -1.10. The number of carbonyl (C=O) groups excluding carboxylic acids is 2. The van der Waals surface area contributed by atoms with Gasteiger partial charge in [0.15, 0.2) is 0 Å². The summed E-state index contributed by atoms with van der Waals surface area (Å²) in [6, 6.07) is 12.3. The first-order chi connectivity index (χ1) is 13.1. The Kier molecular flexibility index (Phi) is 3.37. The Balaban J connectivity index is 1.69. The number of anilines is 1. The van der Waals surface area contributed by atoms with E-state index in [0.29, 0.717) is 12.8 Å². The van der Waals surface area contributed by atoms with Gasteiger partial charge in [0.05, 0.1) is 23.2 Å². The molecule has 136 valence electrons. The average molecular weight is 362 g/mol. The molecule has 3 aliphatic heterocycles. The van der Waals surface area contributed by atoms with Gasteiger partial charge in [-0.25, -0.2) is 4.79 Å². The molecule has 0 aromatic heterocycles. The third-order valence-corrected chi connectivity index (χ3v) is 5.92. The number of fused-ring (bicyclic) bond motifs is 5. The Morgan fingerprint density at radius 3 is 2.52 bits per heavy atom. The number of aromatic carboxylic acids is 1. The van der Waals surface area contributed by atoms with E-state index in [9.17, 15) is 19.5 Å². The first kappa shape index (κ1) is 16.1. The van der Waals surface area contributed by atoms with Crippen molar-refractivity contribution in [3.63, 3.8) is 0 Å². The molecule has 2 amide bonds. The zero-order valence-corrected chi connectivity index (χ0v) is 14.6. The van der Waals surface area contributed by atoms with Crippen LogP contribution >= 0.6 is 0 Å². The van der Waals surface area contributed by atoms with Crippen molar-refractivity contribution >= 4 is 23.5 Å². The standard InChI is InChI=1S/C21H18N2O4/c24-18-9-4-10-22(18)16-11-17-13-6-3-7-14(21(26)27)19(13)20(25)23(17)15-8-2-1-5-12(15)16/h1-3,5-8,16-17H,4,9-11H2,(H,26,27)/t16-,17-/m0/s1. The summed E-state index contributed by atoms with van der Waals surface area (Å²) in [4.78, 5) is 40.9. The smallest absolute Gasteiger partial charge is 0.336 e. The number of benzene rings is 2. The third-order valence-electron chi connectivity index (χ3n) is 5.92.